The van der Waals surface area contributed by atoms with Gasteiger partial charge in [0.05, 0.1) is 18.6 Å². The minimum Gasteiger partial charge on any atom is -0.444 e. The van der Waals surface area contributed by atoms with Crippen LogP contribution in [0.2, 0.25) is 0 Å². The van der Waals surface area contributed by atoms with Gasteiger partial charge in [0, 0.05) is 6.54 Å². The number of carbonyl (C=O) groups excluding carboxylic acids is 3. The summed E-state index contributed by atoms with van der Waals surface area (Å²) >= 11 is 0. The molecule has 0 aliphatic heterocycles. The lowest BCUT2D eigenvalue weighted by Crippen LogP contribution is -2.54. The lowest BCUT2D eigenvalue weighted by molar-refractivity contribution is -0.127. The Morgan fingerprint density at radius 1 is 0.966 bits per heavy atom. The molecule has 8 heteroatoms. The van der Waals surface area contributed by atoms with Crippen LogP contribution >= 0.6 is 0 Å². The van der Waals surface area contributed by atoms with Crippen LogP contribution in [0.5, 0.6) is 0 Å². The zero-order chi connectivity index (χ0) is 22.8. The predicted molar refractivity (Wildman–Crippen MR) is 113 cm³/mol. The lowest BCUT2D eigenvalue weighted by atomic mass is 9.96. The fourth-order valence-electron chi connectivity index (χ4n) is 2.86. The van der Waals surface area contributed by atoms with E-state index in [0.717, 1.165) is 0 Å². The molecule has 0 aliphatic carbocycles. The van der Waals surface area contributed by atoms with Gasteiger partial charge in [-0.15, -0.1) is 0 Å². The van der Waals surface area contributed by atoms with E-state index in [-0.39, 0.29) is 24.2 Å². The van der Waals surface area contributed by atoms with Crippen molar-refractivity contribution in [2.75, 3.05) is 6.54 Å². The maximum absolute atomic E-state index is 12.9. The first-order valence-electron chi connectivity index (χ1n) is 10.5. The second-order valence-electron chi connectivity index (χ2n) is 9.30. The smallest absolute Gasteiger partial charge is 0.408 e. The second kappa shape index (κ2) is 12.7. The number of aliphatic hydroxyl groups excluding tert-OH is 1. The third-order valence-electron chi connectivity index (χ3n) is 4.00. The molecular weight excluding hydrogens is 374 g/mol. The molecule has 0 unspecified atom stereocenters. The van der Waals surface area contributed by atoms with Crippen molar-refractivity contribution in [2.45, 2.75) is 98.4 Å². The highest BCUT2D eigenvalue weighted by Crippen LogP contribution is 2.14. The molecule has 29 heavy (non-hydrogen) atoms. The quantitative estimate of drug-likeness (QED) is 0.413. The minimum absolute atomic E-state index is 0.0974. The fourth-order valence-corrected chi connectivity index (χ4v) is 2.86. The van der Waals surface area contributed by atoms with Crippen molar-refractivity contribution >= 4 is 17.9 Å². The Morgan fingerprint density at radius 3 is 1.97 bits per heavy atom. The van der Waals surface area contributed by atoms with E-state index in [1.165, 1.54) is 0 Å². The summed E-state index contributed by atoms with van der Waals surface area (Å²) in [6.07, 6.45) is -0.852. The molecule has 0 aromatic heterocycles. The number of aliphatic hydroxyl groups is 1. The van der Waals surface area contributed by atoms with Gasteiger partial charge in [-0.1, -0.05) is 27.7 Å². The Bertz CT molecular complexity index is 529. The number of amides is 3. The SMILES string of the molecule is CCNC(=O)C[C@H](O)[C@H](CC(C)C)NC(=O)[C@H](CC(C)C)NC(=O)OC(C)(C)C. The van der Waals surface area contributed by atoms with Crippen LogP contribution in [-0.4, -0.2) is 53.3 Å². The van der Waals surface area contributed by atoms with Crippen molar-refractivity contribution in [3.05, 3.63) is 0 Å². The van der Waals surface area contributed by atoms with Crippen molar-refractivity contribution in [1.29, 1.82) is 0 Å². The number of carbonyl (C=O) groups is 3. The number of alkyl carbamates (subject to hydrolysis) is 1. The monoisotopic (exact) mass is 415 g/mol. The third-order valence-corrected chi connectivity index (χ3v) is 4.00. The molecule has 3 atom stereocenters. The lowest BCUT2D eigenvalue weighted by Gasteiger charge is -2.29. The van der Waals surface area contributed by atoms with Gasteiger partial charge in [-0.3, -0.25) is 9.59 Å². The summed E-state index contributed by atoms with van der Waals surface area (Å²) in [7, 11) is 0. The van der Waals surface area contributed by atoms with Crippen LogP contribution in [0.15, 0.2) is 0 Å². The van der Waals surface area contributed by atoms with E-state index in [9.17, 15) is 19.5 Å². The Morgan fingerprint density at radius 2 is 1.52 bits per heavy atom. The molecule has 0 aromatic carbocycles. The zero-order valence-corrected chi connectivity index (χ0v) is 19.3. The summed E-state index contributed by atoms with van der Waals surface area (Å²) in [6.45, 7) is 15.4. The summed E-state index contributed by atoms with van der Waals surface area (Å²) in [4.78, 5) is 36.9. The normalized spacial score (nSPS) is 14.9. The fraction of sp³-hybridized carbons (Fsp3) is 0.857. The van der Waals surface area contributed by atoms with Crippen LogP contribution in [0, 0.1) is 11.8 Å². The van der Waals surface area contributed by atoms with Crippen molar-refractivity contribution in [2.24, 2.45) is 11.8 Å². The summed E-state index contributed by atoms with van der Waals surface area (Å²) in [5.41, 5.74) is -0.675. The van der Waals surface area contributed by atoms with Gasteiger partial charge in [0.1, 0.15) is 11.6 Å². The van der Waals surface area contributed by atoms with E-state index < -0.39 is 35.8 Å². The molecule has 0 radical (unpaired) electrons. The van der Waals surface area contributed by atoms with E-state index in [4.69, 9.17) is 4.74 Å². The average molecular weight is 416 g/mol. The zero-order valence-electron chi connectivity index (χ0n) is 19.3. The molecule has 0 saturated carbocycles. The molecule has 170 valence electrons. The summed E-state index contributed by atoms with van der Waals surface area (Å²) in [6, 6.07) is -1.39. The molecule has 0 spiro atoms. The number of nitrogens with one attached hydrogen (secondary N) is 3. The molecule has 0 aromatic rings. The molecule has 0 aliphatic rings. The van der Waals surface area contributed by atoms with Crippen LogP contribution in [0.4, 0.5) is 4.79 Å². The standard InChI is InChI=1S/C21H41N3O5/c1-9-22-18(26)12-17(25)15(10-13(2)3)23-19(27)16(11-14(4)5)24-20(28)29-21(6,7)8/h13-17,25H,9-12H2,1-8H3,(H,22,26)(H,23,27)(H,24,28)/t15-,16-,17-/m0/s1. The molecule has 0 saturated heterocycles. The van der Waals surface area contributed by atoms with E-state index >= 15 is 0 Å². The van der Waals surface area contributed by atoms with Gasteiger partial charge >= 0.3 is 6.09 Å². The minimum atomic E-state index is -1.02. The molecule has 0 fully saturated rings. The number of rotatable bonds is 11. The maximum Gasteiger partial charge on any atom is 0.408 e. The molecule has 0 bridgehead atoms. The van der Waals surface area contributed by atoms with Crippen molar-refractivity contribution in [1.82, 2.24) is 16.0 Å². The predicted octanol–water partition coefficient (Wildman–Crippen LogP) is 2.34. The van der Waals surface area contributed by atoms with E-state index in [1.54, 1.807) is 27.7 Å². The highest BCUT2D eigenvalue weighted by Gasteiger charge is 2.30. The second-order valence-corrected chi connectivity index (χ2v) is 9.30. The van der Waals surface area contributed by atoms with Gasteiger partial charge < -0.3 is 25.8 Å². The molecule has 0 rings (SSSR count). The van der Waals surface area contributed by atoms with E-state index in [0.29, 0.717) is 19.4 Å². The van der Waals surface area contributed by atoms with Gasteiger partial charge in [0.2, 0.25) is 11.8 Å². The highest BCUT2D eigenvalue weighted by atomic mass is 16.6. The first-order chi connectivity index (χ1) is 13.2. The van der Waals surface area contributed by atoms with Gasteiger partial charge in [-0.25, -0.2) is 4.79 Å². The molecule has 4 N–H and O–H groups in total. The van der Waals surface area contributed by atoms with Gasteiger partial charge in [-0.2, -0.15) is 0 Å². The third kappa shape index (κ3) is 13.1. The van der Waals surface area contributed by atoms with Crippen LogP contribution in [0.1, 0.15) is 74.7 Å². The average Bonchev–Trinajstić information content (AvgIpc) is 2.50. The first-order valence-corrected chi connectivity index (χ1v) is 10.5. The molecule has 8 nitrogen and oxygen atoms in total. The Kier molecular flexibility index (Phi) is 11.9. The number of ether oxygens (including phenoxy) is 1. The molecular formula is C21H41N3O5. The molecule has 3 amide bonds. The van der Waals surface area contributed by atoms with E-state index in [1.807, 2.05) is 27.7 Å². The summed E-state index contributed by atoms with van der Waals surface area (Å²) in [5, 5.41) is 18.6. The molecule has 0 heterocycles. The van der Waals surface area contributed by atoms with Crippen molar-refractivity contribution in [3.63, 3.8) is 0 Å². The van der Waals surface area contributed by atoms with Crippen LogP contribution in [0.25, 0.3) is 0 Å². The first kappa shape index (κ1) is 27.2. The Balaban J connectivity index is 5.23. The van der Waals surface area contributed by atoms with Gasteiger partial charge in [0.25, 0.3) is 0 Å². The number of hydrogen-bond acceptors (Lipinski definition) is 5. The topological polar surface area (TPSA) is 117 Å². The maximum atomic E-state index is 12.9. The van der Waals surface area contributed by atoms with Crippen LogP contribution in [-0.2, 0) is 14.3 Å². The summed E-state index contributed by atoms with van der Waals surface area (Å²) < 4.78 is 5.26. The van der Waals surface area contributed by atoms with E-state index in [2.05, 4.69) is 16.0 Å². The van der Waals surface area contributed by atoms with Crippen LogP contribution in [0.3, 0.4) is 0 Å². The number of hydrogen-bond donors (Lipinski definition) is 4. The highest BCUT2D eigenvalue weighted by molar-refractivity contribution is 5.86. The Hall–Kier alpha value is -1.83. The summed E-state index contributed by atoms with van der Waals surface area (Å²) in [5.74, 6) is -0.310. The van der Waals surface area contributed by atoms with Crippen molar-refractivity contribution in [3.8, 4) is 0 Å². The van der Waals surface area contributed by atoms with Gasteiger partial charge in [-0.05, 0) is 52.4 Å². The largest absolute Gasteiger partial charge is 0.444 e. The van der Waals surface area contributed by atoms with Crippen molar-refractivity contribution < 1.29 is 24.2 Å². The van der Waals surface area contributed by atoms with Crippen LogP contribution < -0.4 is 16.0 Å². The Labute approximate surface area is 175 Å². The van der Waals surface area contributed by atoms with Gasteiger partial charge in [0.15, 0.2) is 0 Å².